The zero-order chi connectivity index (χ0) is 13.4. The van der Waals surface area contributed by atoms with E-state index in [-0.39, 0.29) is 5.69 Å². The van der Waals surface area contributed by atoms with Gasteiger partial charge in [-0.1, -0.05) is 38.3 Å². The number of nitrogens with one attached hydrogen (secondary N) is 1. The molecule has 18 heavy (non-hydrogen) atoms. The first-order valence-corrected chi connectivity index (χ1v) is 6.57. The highest BCUT2D eigenvalue weighted by molar-refractivity contribution is 5.85. The van der Waals surface area contributed by atoms with Crippen LogP contribution in [0.4, 0.5) is 0 Å². The van der Waals surface area contributed by atoms with Crippen molar-refractivity contribution in [2.24, 2.45) is 5.92 Å². The fraction of sp³-hybridized carbons (Fsp3) is 0.692. The van der Waals surface area contributed by atoms with Crippen molar-refractivity contribution in [2.75, 3.05) is 6.54 Å². The monoisotopic (exact) mass is 254 g/mol. The van der Waals surface area contributed by atoms with Crippen molar-refractivity contribution in [2.45, 2.75) is 46.1 Å². The molecule has 0 bridgehead atoms. The van der Waals surface area contributed by atoms with Crippen molar-refractivity contribution in [3.8, 4) is 0 Å². The van der Waals surface area contributed by atoms with Crippen LogP contribution >= 0.6 is 0 Å². The molecule has 0 fully saturated rings. The van der Waals surface area contributed by atoms with Gasteiger partial charge in [-0.05, 0) is 18.9 Å². The minimum absolute atomic E-state index is 0.0372. The SMILES string of the molecule is CCCCC(CC)CNCc1cc(C(=O)O)no1. The van der Waals surface area contributed by atoms with E-state index in [1.165, 1.54) is 25.3 Å². The molecule has 0 aliphatic rings. The summed E-state index contributed by atoms with van der Waals surface area (Å²) in [6, 6.07) is 1.46. The van der Waals surface area contributed by atoms with E-state index in [2.05, 4.69) is 24.3 Å². The number of carboxylic acid groups (broad SMARTS) is 1. The van der Waals surface area contributed by atoms with Crippen LogP contribution in [0, 0.1) is 5.92 Å². The van der Waals surface area contributed by atoms with Crippen molar-refractivity contribution in [1.82, 2.24) is 10.5 Å². The van der Waals surface area contributed by atoms with E-state index < -0.39 is 5.97 Å². The van der Waals surface area contributed by atoms with E-state index >= 15 is 0 Å². The molecule has 1 aromatic rings. The van der Waals surface area contributed by atoms with Crippen molar-refractivity contribution in [3.05, 3.63) is 17.5 Å². The van der Waals surface area contributed by atoms with Gasteiger partial charge in [0.1, 0.15) is 0 Å². The smallest absolute Gasteiger partial charge is 0.358 e. The Morgan fingerprint density at radius 3 is 2.89 bits per heavy atom. The molecule has 1 atom stereocenters. The van der Waals surface area contributed by atoms with E-state index in [9.17, 15) is 4.79 Å². The molecule has 1 aromatic heterocycles. The quantitative estimate of drug-likeness (QED) is 0.708. The molecular weight excluding hydrogens is 232 g/mol. The van der Waals surface area contributed by atoms with Gasteiger partial charge >= 0.3 is 5.97 Å². The molecular formula is C13H22N2O3. The molecule has 5 heteroatoms. The lowest BCUT2D eigenvalue weighted by Gasteiger charge is -2.14. The van der Waals surface area contributed by atoms with Crippen LogP contribution in [0.5, 0.6) is 0 Å². The van der Waals surface area contributed by atoms with Gasteiger partial charge in [-0.15, -0.1) is 0 Å². The van der Waals surface area contributed by atoms with Crippen LogP contribution in [0.2, 0.25) is 0 Å². The van der Waals surface area contributed by atoms with Gasteiger partial charge in [0, 0.05) is 6.07 Å². The Hall–Kier alpha value is -1.36. The van der Waals surface area contributed by atoms with Crippen molar-refractivity contribution in [1.29, 1.82) is 0 Å². The average molecular weight is 254 g/mol. The van der Waals surface area contributed by atoms with Gasteiger partial charge in [-0.3, -0.25) is 0 Å². The predicted octanol–water partition coefficient (Wildman–Crippen LogP) is 2.68. The summed E-state index contributed by atoms with van der Waals surface area (Å²) in [6.45, 7) is 5.85. The lowest BCUT2D eigenvalue weighted by molar-refractivity contribution is 0.0685. The predicted molar refractivity (Wildman–Crippen MR) is 68.5 cm³/mol. The van der Waals surface area contributed by atoms with E-state index in [1.54, 1.807) is 0 Å². The highest BCUT2D eigenvalue weighted by atomic mass is 16.5. The van der Waals surface area contributed by atoms with Gasteiger partial charge in [-0.2, -0.15) is 0 Å². The highest BCUT2D eigenvalue weighted by Crippen LogP contribution is 2.11. The summed E-state index contributed by atoms with van der Waals surface area (Å²) >= 11 is 0. The Kier molecular flexibility index (Phi) is 6.43. The molecule has 2 N–H and O–H groups in total. The van der Waals surface area contributed by atoms with Crippen LogP contribution in [0.15, 0.2) is 10.6 Å². The molecule has 1 heterocycles. The van der Waals surface area contributed by atoms with Crippen molar-refractivity contribution in [3.63, 3.8) is 0 Å². The third-order valence-electron chi connectivity index (χ3n) is 3.05. The first-order valence-electron chi connectivity index (χ1n) is 6.57. The maximum atomic E-state index is 10.6. The molecule has 5 nitrogen and oxygen atoms in total. The number of unbranched alkanes of at least 4 members (excludes halogenated alkanes) is 1. The molecule has 0 aliphatic carbocycles. The number of carbonyl (C=O) groups is 1. The molecule has 0 spiro atoms. The first-order chi connectivity index (χ1) is 8.67. The molecule has 0 amide bonds. The number of aromatic nitrogens is 1. The second-order valence-electron chi connectivity index (χ2n) is 4.53. The minimum atomic E-state index is -1.06. The third kappa shape index (κ3) is 4.87. The van der Waals surface area contributed by atoms with Crippen molar-refractivity contribution >= 4 is 5.97 Å². The summed E-state index contributed by atoms with van der Waals surface area (Å²) < 4.78 is 4.93. The number of rotatable bonds is 9. The van der Waals surface area contributed by atoms with Crippen LogP contribution in [-0.2, 0) is 6.54 Å². The molecule has 102 valence electrons. The summed E-state index contributed by atoms with van der Waals surface area (Å²) in [5.74, 6) is 0.184. The van der Waals surface area contributed by atoms with Gasteiger partial charge in [0.15, 0.2) is 11.5 Å². The Bertz CT molecular complexity index is 363. The lowest BCUT2D eigenvalue weighted by atomic mass is 9.99. The number of carboxylic acids is 1. The molecule has 0 aliphatic heterocycles. The summed E-state index contributed by atoms with van der Waals surface area (Å²) in [6.07, 6.45) is 4.87. The van der Waals surface area contributed by atoms with Crippen LogP contribution in [0.25, 0.3) is 0 Å². The van der Waals surface area contributed by atoms with E-state index in [4.69, 9.17) is 9.63 Å². The topological polar surface area (TPSA) is 75.4 Å². The van der Waals surface area contributed by atoms with Crippen LogP contribution in [-0.4, -0.2) is 22.8 Å². The zero-order valence-corrected chi connectivity index (χ0v) is 11.1. The highest BCUT2D eigenvalue weighted by Gasteiger charge is 2.11. The Morgan fingerprint density at radius 1 is 1.56 bits per heavy atom. The molecule has 0 radical (unpaired) electrons. The van der Waals surface area contributed by atoms with Crippen LogP contribution in [0.3, 0.4) is 0 Å². The second kappa shape index (κ2) is 7.87. The van der Waals surface area contributed by atoms with E-state index in [1.807, 2.05) is 0 Å². The summed E-state index contributed by atoms with van der Waals surface area (Å²) in [5.41, 5.74) is -0.0372. The number of hydrogen-bond acceptors (Lipinski definition) is 4. The van der Waals surface area contributed by atoms with E-state index in [0.717, 1.165) is 13.0 Å². The number of aromatic carboxylic acids is 1. The Morgan fingerprint density at radius 2 is 2.33 bits per heavy atom. The minimum Gasteiger partial charge on any atom is -0.476 e. The standard InChI is InChI=1S/C13H22N2O3/c1-3-5-6-10(4-2)8-14-9-11-7-12(13(16)17)15-18-11/h7,10,14H,3-6,8-9H2,1-2H3,(H,16,17). The molecule has 0 saturated carbocycles. The first kappa shape index (κ1) is 14.7. The fourth-order valence-corrected chi connectivity index (χ4v) is 1.84. The largest absolute Gasteiger partial charge is 0.476 e. The van der Waals surface area contributed by atoms with Crippen molar-refractivity contribution < 1.29 is 14.4 Å². The van der Waals surface area contributed by atoms with Gasteiger partial charge in [0.05, 0.1) is 6.54 Å². The third-order valence-corrected chi connectivity index (χ3v) is 3.05. The normalized spacial score (nSPS) is 12.6. The average Bonchev–Trinajstić information content (AvgIpc) is 2.82. The van der Waals surface area contributed by atoms with Gasteiger partial charge in [0.2, 0.25) is 0 Å². The van der Waals surface area contributed by atoms with Gasteiger partial charge in [0.25, 0.3) is 0 Å². The van der Waals surface area contributed by atoms with Gasteiger partial charge < -0.3 is 14.9 Å². The fourth-order valence-electron chi connectivity index (χ4n) is 1.84. The Balaban J connectivity index is 2.28. The summed E-state index contributed by atoms with van der Waals surface area (Å²) in [7, 11) is 0. The van der Waals surface area contributed by atoms with E-state index in [0.29, 0.717) is 18.2 Å². The second-order valence-corrected chi connectivity index (χ2v) is 4.53. The Labute approximate surface area is 108 Å². The zero-order valence-electron chi connectivity index (χ0n) is 11.1. The number of hydrogen-bond donors (Lipinski definition) is 2. The molecule has 0 saturated heterocycles. The molecule has 0 aromatic carbocycles. The van der Waals surface area contributed by atoms with Crippen LogP contribution < -0.4 is 5.32 Å². The maximum Gasteiger partial charge on any atom is 0.358 e. The summed E-state index contributed by atoms with van der Waals surface area (Å²) in [4.78, 5) is 10.6. The van der Waals surface area contributed by atoms with Crippen LogP contribution in [0.1, 0.15) is 55.8 Å². The summed E-state index contributed by atoms with van der Waals surface area (Å²) in [5, 5.41) is 15.5. The maximum absolute atomic E-state index is 10.6. The lowest BCUT2D eigenvalue weighted by Crippen LogP contribution is -2.22. The number of nitrogens with zero attached hydrogens (tertiary/aromatic N) is 1. The molecule has 1 rings (SSSR count). The molecule has 1 unspecified atom stereocenters. The van der Waals surface area contributed by atoms with Gasteiger partial charge in [-0.25, -0.2) is 4.79 Å².